The Balaban J connectivity index is 1.66. The maximum Gasteiger partial charge on any atom is 0.334 e. The second kappa shape index (κ2) is 8.14. The molecule has 2 aliphatic rings. The molecule has 0 amide bonds. The predicted octanol–water partition coefficient (Wildman–Crippen LogP) is 2.45. The minimum Gasteiger partial charge on any atom is -0.467 e. The number of methoxy groups -OCH3 is 1. The molecule has 2 rings (SSSR count). The Labute approximate surface area is 128 Å². The SMILES string of the molecule is COC(=O)C(O)C1CCN(CCC2CCCC(C)C2)CC1. The van der Waals surface area contributed by atoms with Crippen molar-refractivity contribution >= 4 is 5.97 Å². The summed E-state index contributed by atoms with van der Waals surface area (Å²) in [6.45, 7) is 5.56. The van der Waals surface area contributed by atoms with E-state index in [4.69, 9.17) is 0 Å². The number of hydrogen-bond acceptors (Lipinski definition) is 4. The lowest BCUT2D eigenvalue weighted by molar-refractivity contribution is -0.154. The van der Waals surface area contributed by atoms with E-state index >= 15 is 0 Å². The molecule has 1 saturated carbocycles. The van der Waals surface area contributed by atoms with Gasteiger partial charge in [0, 0.05) is 0 Å². The lowest BCUT2D eigenvalue weighted by atomic mass is 9.80. The molecule has 1 N–H and O–H groups in total. The van der Waals surface area contributed by atoms with E-state index in [0.29, 0.717) is 0 Å². The molecule has 2 fully saturated rings. The van der Waals surface area contributed by atoms with Crippen molar-refractivity contribution in [1.82, 2.24) is 4.90 Å². The highest BCUT2D eigenvalue weighted by atomic mass is 16.5. The minimum atomic E-state index is -0.934. The van der Waals surface area contributed by atoms with Crippen LogP contribution in [0.3, 0.4) is 0 Å². The summed E-state index contributed by atoms with van der Waals surface area (Å²) < 4.78 is 4.63. The number of likely N-dealkylation sites (tertiary alicyclic amines) is 1. The Kier molecular flexibility index (Phi) is 6.49. The summed E-state index contributed by atoms with van der Waals surface area (Å²) in [6.07, 6.45) is 7.80. The molecule has 1 heterocycles. The fourth-order valence-electron chi connectivity index (χ4n) is 3.99. The monoisotopic (exact) mass is 297 g/mol. The predicted molar refractivity (Wildman–Crippen MR) is 82.9 cm³/mol. The second-order valence-corrected chi connectivity index (χ2v) is 7.07. The van der Waals surface area contributed by atoms with E-state index in [9.17, 15) is 9.90 Å². The first-order valence-electron chi connectivity index (χ1n) is 8.58. The quantitative estimate of drug-likeness (QED) is 0.792. The molecular weight excluding hydrogens is 266 g/mol. The van der Waals surface area contributed by atoms with Crippen molar-refractivity contribution < 1.29 is 14.6 Å². The van der Waals surface area contributed by atoms with Crippen LogP contribution >= 0.6 is 0 Å². The van der Waals surface area contributed by atoms with Gasteiger partial charge in [0.25, 0.3) is 0 Å². The van der Waals surface area contributed by atoms with E-state index in [1.807, 2.05) is 0 Å². The maximum atomic E-state index is 11.4. The van der Waals surface area contributed by atoms with Gasteiger partial charge < -0.3 is 14.7 Å². The summed E-state index contributed by atoms with van der Waals surface area (Å²) >= 11 is 0. The number of rotatable bonds is 5. The normalized spacial score (nSPS) is 30.0. The summed E-state index contributed by atoms with van der Waals surface area (Å²) in [4.78, 5) is 13.9. The van der Waals surface area contributed by atoms with Gasteiger partial charge in [0.15, 0.2) is 6.10 Å². The number of nitrogens with zero attached hydrogens (tertiary/aromatic N) is 1. The van der Waals surface area contributed by atoms with Crippen molar-refractivity contribution in [2.45, 2.75) is 58.0 Å². The second-order valence-electron chi connectivity index (χ2n) is 7.07. The number of ether oxygens (including phenoxy) is 1. The van der Waals surface area contributed by atoms with Crippen molar-refractivity contribution in [2.75, 3.05) is 26.7 Å². The zero-order chi connectivity index (χ0) is 15.2. The zero-order valence-electron chi connectivity index (χ0n) is 13.6. The highest BCUT2D eigenvalue weighted by molar-refractivity contribution is 5.74. The number of piperidine rings is 1. The van der Waals surface area contributed by atoms with Crippen LogP contribution in [0.1, 0.15) is 51.9 Å². The molecule has 0 aromatic rings. The van der Waals surface area contributed by atoms with E-state index in [2.05, 4.69) is 16.6 Å². The molecule has 1 saturated heterocycles. The van der Waals surface area contributed by atoms with Gasteiger partial charge in [-0.3, -0.25) is 0 Å². The molecule has 21 heavy (non-hydrogen) atoms. The Morgan fingerprint density at radius 2 is 2.00 bits per heavy atom. The third kappa shape index (κ3) is 4.96. The van der Waals surface area contributed by atoms with Gasteiger partial charge in [-0.05, 0) is 63.1 Å². The van der Waals surface area contributed by atoms with Crippen LogP contribution < -0.4 is 0 Å². The van der Waals surface area contributed by atoms with Crippen LogP contribution in [0.2, 0.25) is 0 Å². The first kappa shape index (κ1) is 16.8. The first-order valence-corrected chi connectivity index (χ1v) is 8.58. The number of aliphatic hydroxyl groups excluding tert-OH is 1. The van der Waals surface area contributed by atoms with E-state index in [-0.39, 0.29) is 5.92 Å². The smallest absolute Gasteiger partial charge is 0.334 e. The van der Waals surface area contributed by atoms with Crippen molar-refractivity contribution in [1.29, 1.82) is 0 Å². The van der Waals surface area contributed by atoms with Crippen LogP contribution in [0.4, 0.5) is 0 Å². The van der Waals surface area contributed by atoms with Crippen LogP contribution in [-0.4, -0.2) is 48.8 Å². The summed E-state index contributed by atoms with van der Waals surface area (Å²) in [5.74, 6) is 1.41. The molecule has 0 aromatic carbocycles. The standard InChI is InChI=1S/C17H31NO3/c1-13-4-3-5-14(12-13)6-9-18-10-7-15(8-11-18)16(19)17(20)21-2/h13-16,19H,3-12H2,1-2H3. The van der Waals surface area contributed by atoms with Gasteiger partial charge in [-0.2, -0.15) is 0 Å². The fourth-order valence-corrected chi connectivity index (χ4v) is 3.99. The minimum absolute atomic E-state index is 0.0726. The van der Waals surface area contributed by atoms with Crippen molar-refractivity contribution in [3.63, 3.8) is 0 Å². The van der Waals surface area contributed by atoms with Crippen molar-refractivity contribution in [3.8, 4) is 0 Å². The van der Waals surface area contributed by atoms with Crippen LogP contribution in [-0.2, 0) is 9.53 Å². The fraction of sp³-hybridized carbons (Fsp3) is 0.941. The van der Waals surface area contributed by atoms with Crippen molar-refractivity contribution in [2.24, 2.45) is 17.8 Å². The largest absolute Gasteiger partial charge is 0.467 e. The summed E-state index contributed by atoms with van der Waals surface area (Å²) in [7, 11) is 1.34. The number of aliphatic hydroxyl groups is 1. The zero-order valence-corrected chi connectivity index (χ0v) is 13.6. The van der Waals surface area contributed by atoms with E-state index in [1.165, 1.54) is 45.8 Å². The van der Waals surface area contributed by atoms with Crippen LogP contribution in [0.15, 0.2) is 0 Å². The Hall–Kier alpha value is -0.610. The Morgan fingerprint density at radius 1 is 1.29 bits per heavy atom. The number of carbonyl (C=O) groups is 1. The average molecular weight is 297 g/mol. The molecule has 0 radical (unpaired) electrons. The molecular formula is C17H31NO3. The third-order valence-electron chi connectivity index (χ3n) is 5.42. The molecule has 3 unspecified atom stereocenters. The highest BCUT2D eigenvalue weighted by Crippen LogP contribution is 2.31. The van der Waals surface area contributed by atoms with Gasteiger partial charge in [0.05, 0.1) is 7.11 Å². The number of hydrogen-bond donors (Lipinski definition) is 1. The van der Waals surface area contributed by atoms with Gasteiger partial charge >= 0.3 is 5.97 Å². The molecule has 0 spiro atoms. The Bertz CT molecular complexity index is 326. The Morgan fingerprint density at radius 3 is 2.62 bits per heavy atom. The van der Waals surface area contributed by atoms with Crippen LogP contribution in [0.25, 0.3) is 0 Å². The molecule has 1 aliphatic heterocycles. The van der Waals surface area contributed by atoms with E-state index in [1.54, 1.807) is 0 Å². The molecule has 4 nitrogen and oxygen atoms in total. The molecule has 4 heteroatoms. The van der Waals surface area contributed by atoms with Gasteiger partial charge in [-0.15, -0.1) is 0 Å². The lowest BCUT2D eigenvalue weighted by Gasteiger charge is -2.35. The molecule has 0 bridgehead atoms. The van der Waals surface area contributed by atoms with Crippen LogP contribution in [0.5, 0.6) is 0 Å². The summed E-state index contributed by atoms with van der Waals surface area (Å²) in [6, 6.07) is 0. The molecule has 122 valence electrons. The highest BCUT2D eigenvalue weighted by Gasteiger charge is 2.30. The van der Waals surface area contributed by atoms with Gasteiger partial charge in [0.1, 0.15) is 0 Å². The van der Waals surface area contributed by atoms with Crippen molar-refractivity contribution in [3.05, 3.63) is 0 Å². The molecule has 0 aromatic heterocycles. The number of esters is 1. The van der Waals surface area contributed by atoms with Gasteiger partial charge in [-0.1, -0.05) is 26.2 Å². The van der Waals surface area contributed by atoms with E-state index in [0.717, 1.165) is 37.8 Å². The molecule has 3 atom stereocenters. The van der Waals surface area contributed by atoms with E-state index < -0.39 is 12.1 Å². The summed E-state index contributed by atoms with van der Waals surface area (Å²) in [5, 5.41) is 9.90. The summed E-state index contributed by atoms with van der Waals surface area (Å²) in [5.41, 5.74) is 0. The average Bonchev–Trinajstić information content (AvgIpc) is 2.52. The lowest BCUT2D eigenvalue weighted by Crippen LogP contribution is -2.41. The van der Waals surface area contributed by atoms with Crippen LogP contribution in [0, 0.1) is 17.8 Å². The third-order valence-corrected chi connectivity index (χ3v) is 5.42. The topological polar surface area (TPSA) is 49.8 Å². The van der Waals surface area contributed by atoms with Gasteiger partial charge in [-0.25, -0.2) is 4.79 Å². The number of carbonyl (C=O) groups excluding carboxylic acids is 1. The maximum absolute atomic E-state index is 11.4. The molecule has 1 aliphatic carbocycles. The van der Waals surface area contributed by atoms with Gasteiger partial charge in [0.2, 0.25) is 0 Å². The first-order chi connectivity index (χ1) is 10.1.